The van der Waals surface area contributed by atoms with Crippen molar-refractivity contribution < 1.29 is 76.4 Å². The summed E-state index contributed by atoms with van der Waals surface area (Å²) in [5, 5.41) is 4.78. The van der Waals surface area contributed by atoms with Crippen LogP contribution in [0.4, 0.5) is 14.7 Å². The van der Waals surface area contributed by atoms with Crippen LogP contribution in [0.3, 0.4) is 0 Å². The number of hydrogen-bond donors (Lipinski definition) is 2. The van der Waals surface area contributed by atoms with Crippen molar-refractivity contribution in [3.63, 3.8) is 0 Å². The number of anilines is 1. The van der Waals surface area contributed by atoms with E-state index in [-0.39, 0.29) is 65.4 Å². The van der Waals surface area contributed by atoms with Gasteiger partial charge in [0.15, 0.2) is 22.4 Å². The molecule has 2 aromatic rings. The zero-order chi connectivity index (χ0) is 50.9. The lowest BCUT2D eigenvalue weighted by Crippen LogP contribution is -2.63. The minimum Gasteiger partial charge on any atom is -0.435 e. The van der Waals surface area contributed by atoms with Crippen LogP contribution in [0.2, 0.25) is 0 Å². The quantitative estimate of drug-likeness (QED) is 0.0495. The SMILES string of the molecule is CCOC(=O)OC(C)OC(=O)[C@@H]1N2C(=O)[C@@H](CC(=O)[C@H](N)c3ccccc3)[C@H]2SC1(C)C.COCC1=C(C(=O)OC(C)OC(=O)OC(C)C)N2C(=O)[C@@H](CC(=O)/C(=N\OC)c3csc(N)n3)[C@H]2SC1. The Balaban J connectivity index is 0.000000260. The average molecular weight is 1020 g/mol. The molecular formula is C44H56N6O16S3. The Morgan fingerprint density at radius 3 is 2.14 bits per heavy atom. The molecule has 2 amide bonds. The summed E-state index contributed by atoms with van der Waals surface area (Å²) < 4.78 is 34.4. The van der Waals surface area contributed by atoms with E-state index >= 15 is 0 Å². The van der Waals surface area contributed by atoms with E-state index in [1.807, 2.05) is 19.9 Å². The van der Waals surface area contributed by atoms with Crippen LogP contribution >= 0.6 is 34.9 Å². The Bertz CT molecular complexity index is 2330. The van der Waals surface area contributed by atoms with Gasteiger partial charge in [0.1, 0.15) is 24.5 Å². The van der Waals surface area contributed by atoms with E-state index < -0.39 is 88.7 Å². The number of amides is 2. The van der Waals surface area contributed by atoms with Gasteiger partial charge in [0.05, 0.1) is 47.9 Å². The number of nitrogens with two attached hydrogens (primary N) is 2. The normalized spacial score (nSPS) is 22.5. The smallest absolute Gasteiger partial charge is 0.435 e. The Kier molecular flexibility index (Phi) is 18.6. The fourth-order valence-corrected chi connectivity index (χ4v) is 11.3. The van der Waals surface area contributed by atoms with Crippen LogP contribution in [0.1, 0.15) is 78.6 Å². The molecule has 0 saturated carbocycles. The zero-order valence-corrected chi connectivity index (χ0v) is 41.8. The number of fused-ring (bicyclic) bond motifs is 2. The summed E-state index contributed by atoms with van der Waals surface area (Å²) in [6, 6.07) is 7.32. The number of rotatable bonds is 19. The molecule has 1 aromatic heterocycles. The van der Waals surface area contributed by atoms with Gasteiger partial charge in [-0.2, -0.15) is 0 Å². The van der Waals surface area contributed by atoms with Crippen molar-refractivity contribution in [1.29, 1.82) is 0 Å². The van der Waals surface area contributed by atoms with Crippen molar-refractivity contribution in [2.24, 2.45) is 22.7 Å². The number of carbonyl (C=O) groups excluding carboxylic acids is 8. The van der Waals surface area contributed by atoms with Gasteiger partial charge >= 0.3 is 24.2 Å². The molecule has 4 aliphatic rings. The monoisotopic (exact) mass is 1020 g/mol. The second-order valence-electron chi connectivity index (χ2n) is 16.5. The number of nitrogen functional groups attached to an aromatic ring is 1. The fraction of sp³-hybridized carbons (Fsp3) is 0.545. The summed E-state index contributed by atoms with van der Waals surface area (Å²) in [5.74, 6) is -3.84. The van der Waals surface area contributed by atoms with E-state index in [4.69, 9.17) is 44.7 Å². The number of benzene rings is 1. The highest BCUT2D eigenvalue weighted by atomic mass is 32.2. The number of ether oxygens (including phenoxy) is 7. The summed E-state index contributed by atoms with van der Waals surface area (Å²) in [4.78, 5) is 112. The highest BCUT2D eigenvalue weighted by molar-refractivity contribution is 8.01. The Hall–Kier alpha value is -5.76. The molecule has 3 fully saturated rings. The number of hydrogen-bond acceptors (Lipinski definition) is 23. The summed E-state index contributed by atoms with van der Waals surface area (Å²) in [6.07, 6.45) is -4.96. The van der Waals surface area contributed by atoms with Crippen molar-refractivity contribution in [2.45, 2.75) is 108 Å². The maximum absolute atomic E-state index is 13.2. The molecule has 0 radical (unpaired) electrons. The number of aromatic nitrogens is 1. The van der Waals surface area contributed by atoms with E-state index in [1.165, 1.54) is 61.4 Å². The largest absolute Gasteiger partial charge is 0.511 e. The lowest BCUT2D eigenvalue weighted by Gasteiger charge is -2.49. The third-order valence-electron chi connectivity index (χ3n) is 10.7. The van der Waals surface area contributed by atoms with Gasteiger partial charge in [-0.3, -0.25) is 24.1 Å². The number of nitrogens with zero attached hydrogens (tertiary/aromatic N) is 4. The van der Waals surface area contributed by atoms with Gasteiger partial charge in [-0.25, -0.2) is 24.2 Å². The predicted molar refractivity (Wildman–Crippen MR) is 250 cm³/mol. The van der Waals surface area contributed by atoms with Crippen LogP contribution in [0.25, 0.3) is 0 Å². The maximum Gasteiger partial charge on any atom is 0.511 e. The predicted octanol–water partition coefficient (Wildman–Crippen LogP) is 4.30. The van der Waals surface area contributed by atoms with Crippen molar-refractivity contribution in [3.8, 4) is 0 Å². The van der Waals surface area contributed by atoms with E-state index in [1.54, 1.807) is 50.4 Å². The van der Waals surface area contributed by atoms with Gasteiger partial charge in [0, 0.05) is 49.7 Å². The summed E-state index contributed by atoms with van der Waals surface area (Å²) in [7, 11) is 2.76. The number of carbonyl (C=O) groups is 8. The molecule has 0 bridgehead atoms. The molecule has 25 heteroatoms. The highest BCUT2D eigenvalue weighted by Crippen LogP contribution is 2.54. The first kappa shape index (κ1) is 54.2. The molecular weight excluding hydrogens is 965 g/mol. The molecule has 5 heterocycles. The fourth-order valence-electron chi connectivity index (χ4n) is 7.69. The molecule has 8 atom stereocenters. The number of oxime groups is 1. The topological polar surface area (TPSA) is 294 Å². The molecule has 69 heavy (non-hydrogen) atoms. The van der Waals surface area contributed by atoms with Crippen LogP contribution in [0.5, 0.6) is 0 Å². The Labute approximate surface area is 410 Å². The van der Waals surface area contributed by atoms with Gasteiger partial charge in [0.2, 0.25) is 24.4 Å². The molecule has 4 N–H and O–H groups in total. The lowest BCUT2D eigenvalue weighted by atomic mass is 9.86. The molecule has 376 valence electrons. The number of thioether (sulfide) groups is 2. The van der Waals surface area contributed by atoms with Crippen LogP contribution in [-0.4, -0.2) is 142 Å². The van der Waals surface area contributed by atoms with E-state index in [2.05, 4.69) is 14.9 Å². The molecule has 3 saturated heterocycles. The maximum atomic E-state index is 13.2. The first-order chi connectivity index (χ1) is 32.6. The number of Topliss-reactive ketones (excluding diaryl/α,β-unsaturated/α-hetero) is 2. The van der Waals surface area contributed by atoms with Gasteiger partial charge in [-0.1, -0.05) is 35.5 Å². The standard InChI is InChI=1S/C22H28N4O9S2.C22H28N2O7S/c1-10(2)33-22(30)35-11(3)34-20(29)17-12(7-31-4)8-36-19-13(18(28)26(17)19)6-15(27)16(25-32-5)14-9-37-21(23)24-14;1-5-29-21(28)31-12(2)30-20(27)17-22(3,4)32-19-14(18(26)24(17)19)11-15(25)16(23)13-9-7-6-8-10-13/h9-11,13,19H,6-8H2,1-5H3,(H2,23,24);6-10,12,14,16-17,19H,5,11,23H2,1-4H3/b25-16-;/t11?,13-,19-;12?,14-,16-,17+,19-/m11/s1. The van der Waals surface area contributed by atoms with Gasteiger partial charge in [-0.05, 0) is 45.8 Å². The van der Waals surface area contributed by atoms with Gasteiger partial charge in [-0.15, -0.1) is 34.9 Å². The van der Waals surface area contributed by atoms with Crippen molar-refractivity contribution in [1.82, 2.24) is 14.8 Å². The molecule has 4 aliphatic heterocycles. The van der Waals surface area contributed by atoms with Crippen molar-refractivity contribution in [2.75, 3.05) is 38.9 Å². The highest BCUT2D eigenvalue weighted by Gasteiger charge is 2.64. The van der Waals surface area contributed by atoms with Crippen molar-refractivity contribution in [3.05, 3.63) is 58.2 Å². The van der Waals surface area contributed by atoms with Crippen LogP contribution in [0, 0.1) is 11.8 Å². The van der Waals surface area contributed by atoms with Crippen molar-refractivity contribution >= 4 is 93.3 Å². The molecule has 1 aromatic carbocycles. The number of methoxy groups -OCH3 is 1. The first-order valence-electron chi connectivity index (χ1n) is 21.6. The number of ketones is 2. The molecule has 22 nitrogen and oxygen atoms in total. The molecule has 2 unspecified atom stereocenters. The average Bonchev–Trinajstić information content (AvgIpc) is 3.83. The number of β-lactam (4-membered cyclic amide) rings is 2. The Morgan fingerprint density at radius 1 is 0.884 bits per heavy atom. The number of esters is 2. The summed E-state index contributed by atoms with van der Waals surface area (Å²) >= 11 is 3.98. The minimum absolute atomic E-state index is 0.00325. The Morgan fingerprint density at radius 2 is 1.54 bits per heavy atom. The van der Waals surface area contributed by atoms with E-state index in [0.29, 0.717) is 16.9 Å². The third-order valence-corrected chi connectivity index (χ3v) is 14.4. The van der Waals surface area contributed by atoms with Gasteiger partial charge < -0.3 is 54.4 Å². The molecule has 0 aliphatic carbocycles. The third kappa shape index (κ3) is 12.9. The second-order valence-corrected chi connectivity index (χ2v) is 20.2. The minimum atomic E-state index is -1.27. The second kappa shape index (κ2) is 23.7. The van der Waals surface area contributed by atoms with Crippen LogP contribution < -0.4 is 11.5 Å². The molecule has 6 rings (SSSR count). The lowest BCUT2D eigenvalue weighted by molar-refractivity contribution is -0.182. The summed E-state index contributed by atoms with van der Waals surface area (Å²) in [5.41, 5.74) is 13.2. The van der Waals surface area contributed by atoms with Crippen LogP contribution in [-0.2, 0) is 66.8 Å². The summed E-state index contributed by atoms with van der Waals surface area (Å²) in [6.45, 7) is 11.5. The first-order valence-corrected chi connectivity index (χ1v) is 24.4. The molecule has 0 spiro atoms. The van der Waals surface area contributed by atoms with E-state index in [0.717, 1.165) is 11.3 Å². The zero-order valence-electron chi connectivity index (χ0n) is 39.4. The van der Waals surface area contributed by atoms with Gasteiger partial charge in [0.25, 0.3) is 0 Å². The van der Waals surface area contributed by atoms with Crippen LogP contribution in [0.15, 0.2) is 52.1 Å². The van der Waals surface area contributed by atoms with E-state index in [9.17, 15) is 38.4 Å². The number of thiazole rings is 1.